The molecule has 0 atom stereocenters. The van der Waals surface area contributed by atoms with Gasteiger partial charge in [-0.15, -0.1) is 0 Å². The highest BCUT2D eigenvalue weighted by atomic mass is 16.3. The van der Waals surface area contributed by atoms with Crippen LogP contribution in [0.1, 0.15) is 0 Å². The molecule has 0 aliphatic heterocycles. The van der Waals surface area contributed by atoms with E-state index in [0.717, 1.165) is 22.2 Å². The fourth-order valence-corrected chi connectivity index (χ4v) is 1.32. The monoisotopic (exact) mass is 147 g/mol. The summed E-state index contributed by atoms with van der Waals surface area (Å²) in [6, 6.07) is 3.77. The molecule has 0 aromatic carbocycles. The average Bonchev–Trinajstić information content (AvgIpc) is 2.52. The predicted molar refractivity (Wildman–Crippen MR) is 40.3 cm³/mol. The smallest absolute Gasteiger partial charge is 0.208 e. The Hall–Kier alpha value is -1.64. The first kappa shape index (κ1) is 5.07. The minimum absolute atomic E-state index is 0.777. The molecule has 0 unspecified atom stereocenters. The maximum Gasteiger partial charge on any atom is 0.208 e. The molecular formula is C8H5NO2. The first-order valence-corrected chi connectivity index (χ1v) is 3.37. The highest BCUT2D eigenvalue weighted by molar-refractivity contribution is 6.01. The second-order valence-corrected chi connectivity index (χ2v) is 2.45. The second-order valence-electron chi connectivity index (χ2n) is 2.45. The molecule has 0 saturated carbocycles. The lowest BCUT2D eigenvalue weighted by molar-refractivity contribution is 0.605. The van der Waals surface area contributed by atoms with Crippen molar-refractivity contribution in [2.45, 2.75) is 0 Å². The largest absolute Gasteiger partial charge is 0.462 e. The van der Waals surface area contributed by atoms with Gasteiger partial charge in [0.05, 0.1) is 23.4 Å². The number of nitrogens with one attached hydrogen (secondary N) is 1. The molecule has 3 heteroatoms. The van der Waals surface area contributed by atoms with Crippen LogP contribution in [0.3, 0.4) is 0 Å². The van der Waals surface area contributed by atoms with E-state index in [2.05, 4.69) is 4.98 Å². The third kappa shape index (κ3) is 0.487. The van der Waals surface area contributed by atoms with Gasteiger partial charge in [0.25, 0.3) is 0 Å². The van der Waals surface area contributed by atoms with Gasteiger partial charge in [0.2, 0.25) is 5.71 Å². The number of furan rings is 2. The minimum Gasteiger partial charge on any atom is -0.462 e. The molecule has 0 fully saturated rings. The number of fused-ring (bicyclic) bond motifs is 3. The zero-order chi connectivity index (χ0) is 7.26. The van der Waals surface area contributed by atoms with E-state index in [-0.39, 0.29) is 0 Å². The van der Waals surface area contributed by atoms with Crippen molar-refractivity contribution in [3.8, 4) is 0 Å². The number of rotatable bonds is 0. The molecular weight excluding hydrogens is 142 g/mol. The van der Waals surface area contributed by atoms with Gasteiger partial charge < -0.3 is 13.8 Å². The first-order valence-electron chi connectivity index (χ1n) is 3.37. The Bertz CT molecular complexity index is 455. The molecule has 0 amide bonds. The zero-order valence-electron chi connectivity index (χ0n) is 5.63. The number of H-pyrrole nitrogens is 1. The predicted octanol–water partition coefficient (Wildman–Crippen LogP) is 2.51. The summed E-state index contributed by atoms with van der Waals surface area (Å²) in [4.78, 5) is 3.08. The lowest BCUT2D eigenvalue weighted by atomic mass is 10.4. The van der Waals surface area contributed by atoms with Crippen LogP contribution in [0, 0.1) is 0 Å². The van der Waals surface area contributed by atoms with Crippen molar-refractivity contribution >= 4 is 22.2 Å². The summed E-state index contributed by atoms with van der Waals surface area (Å²) in [5.74, 6) is 0. The van der Waals surface area contributed by atoms with Crippen molar-refractivity contribution in [1.82, 2.24) is 4.98 Å². The van der Waals surface area contributed by atoms with Crippen LogP contribution in [0.5, 0.6) is 0 Å². The molecule has 3 nitrogen and oxygen atoms in total. The minimum atomic E-state index is 0.777. The van der Waals surface area contributed by atoms with Crippen LogP contribution in [0.25, 0.3) is 22.2 Å². The summed E-state index contributed by atoms with van der Waals surface area (Å²) in [7, 11) is 0. The second kappa shape index (κ2) is 1.50. The Labute approximate surface area is 61.6 Å². The van der Waals surface area contributed by atoms with E-state index < -0.39 is 0 Å². The van der Waals surface area contributed by atoms with Gasteiger partial charge in [-0.25, -0.2) is 0 Å². The van der Waals surface area contributed by atoms with Crippen molar-refractivity contribution in [3.05, 3.63) is 24.7 Å². The summed E-state index contributed by atoms with van der Waals surface area (Å²) in [6.45, 7) is 0. The van der Waals surface area contributed by atoms with Crippen LogP contribution in [-0.4, -0.2) is 4.98 Å². The molecule has 3 aromatic heterocycles. The molecule has 0 saturated heterocycles. The van der Waals surface area contributed by atoms with E-state index in [1.165, 1.54) is 0 Å². The normalized spacial score (nSPS) is 11.6. The van der Waals surface area contributed by atoms with Crippen LogP contribution in [0.15, 0.2) is 33.5 Å². The summed E-state index contributed by atoms with van der Waals surface area (Å²) in [6.07, 6.45) is 3.30. The van der Waals surface area contributed by atoms with Crippen LogP contribution in [0.4, 0.5) is 0 Å². The van der Waals surface area contributed by atoms with Crippen molar-refractivity contribution in [2.24, 2.45) is 0 Å². The van der Waals surface area contributed by atoms with Crippen LogP contribution in [-0.2, 0) is 0 Å². The third-order valence-corrected chi connectivity index (χ3v) is 1.82. The lowest BCUT2D eigenvalue weighted by Crippen LogP contribution is -1.55. The van der Waals surface area contributed by atoms with E-state index >= 15 is 0 Å². The number of aromatic nitrogens is 1. The van der Waals surface area contributed by atoms with Gasteiger partial charge in [-0.05, 0) is 6.07 Å². The van der Waals surface area contributed by atoms with E-state index in [9.17, 15) is 0 Å². The molecule has 0 radical (unpaired) electrons. The van der Waals surface area contributed by atoms with Crippen LogP contribution in [0.2, 0.25) is 0 Å². The van der Waals surface area contributed by atoms with Crippen molar-refractivity contribution in [3.63, 3.8) is 0 Å². The van der Waals surface area contributed by atoms with Gasteiger partial charge in [0.1, 0.15) is 0 Å². The van der Waals surface area contributed by atoms with E-state index in [1.807, 2.05) is 12.1 Å². The van der Waals surface area contributed by atoms with Gasteiger partial charge in [0.15, 0.2) is 5.58 Å². The third-order valence-electron chi connectivity index (χ3n) is 1.82. The maximum atomic E-state index is 5.24. The fraction of sp³-hybridized carbons (Fsp3) is 0. The van der Waals surface area contributed by atoms with Gasteiger partial charge in [-0.3, -0.25) is 0 Å². The molecule has 1 N–H and O–H groups in total. The summed E-state index contributed by atoms with van der Waals surface area (Å²) in [5, 5.41) is 1.00. The maximum absolute atomic E-state index is 5.24. The quantitative estimate of drug-likeness (QED) is 0.530. The molecule has 54 valence electrons. The van der Waals surface area contributed by atoms with Crippen molar-refractivity contribution in [2.75, 3.05) is 0 Å². The standard InChI is InChI=1S/C8H5NO2/c1-3-11-8-5(1)7-6(9-8)2-4-10-7/h1-4,9H. The SMILES string of the molecule is c1cc2c([nH]c3ccoc32)o1. The van der Waals surface area contributed by atoms with Gasteiger partial charge in [0, 0.05) is 6.07 Å². The van der Waals surface area contributed by atoms with Gasteiger partial charge in [-0.1, -0.05) is 0 Å². The van der Waals surface area contributed by atoms with Gasteiger partial charge in [-0.2, -0.15) is 0 Å². The van der Waals surface area contributed by atoms with E-state index in [4.69, 9.17) is 8.83 Å². The van der Waals surface area contributed by atoms with E-state index in [0.29, 0.717) is 0 Å². The molecule has 3 rings (SSSR count). The molecule has 11 heavy (non-hydrogen) atoms. The number of hydrogen-bond acceptors (Lipinski definition) is 2. The molecule has 0 spiro atoms. The average molecular weight is 147 g/mol. The number of hydrogen-bond donors (Lipinski definition) is 1. The Balaban J connectivity index is 2.75. The van der Waals surface area contributed by atoms with Crippen molar-refractivity contribution < 1.29 is 8.83 Å². The Morgan fingerprint density at radius 3 is 3.00 bits per heavy atom. The lowest BCUT2D eigenvalue weighted by Gasteiger charge is -1.71. The molecule has 0 bridgehead atoms. The summed E-state index contributed by atoms with van der Waals surface area (Å²) >= 11 is 0. The zero-order valence-corrected chi connectivity index (χ0v) is 5.63. The summed E-state index contributed by atoms with van der Waals surface area (Å²) < 4.78 is 10.4. The Kier molecular flexibility index (Phi) is 0.692. The van der Waals surface area contributed by atoms with E-state index in [1.54, 1.807) is 12.5 Å². The molecule has 0 aliphatic rings. The van der Waals surface area contributed by atoms with Crippen LogP contribution < -0.4 is 0 Å². The molecule has 3 heterocycles. The fourth-order valence-electron chi connectivity index (χ4n) is 1.32. The van der Waals surface area contributed by atoms with Gasteiger partial charge >= 0.3 is 0 Å². The molecule has 3 aromatic rings. The number of aromatic amines is 1. The summed E-state index contributed by atoms with van der Waals surface area (Å²) in [5.41, 5.74) is 2.63. The highest BCUT2D eigenvalue weighted by Crippen LogP contribution is 2.26. The van der Waals surface area contributed by atoms with Crippen molar-refractivity contribution in [1.29, 1.82) is 0 Å². The topological polar surface area (TPSA) is 42.1 Å². The molecule has 0 aliphatic carbocycles. The highest BCUT2D eigenvalue weighted by Gasteiger charge is 2.07. The van der Waals surface area contributed by atoms with Crippen LogP contribution >= 0.6 is 0 Å². The Morgan fingerprint density at radius 2 is 2.00 bits per heavy atom. The Morgan fingerprint density at radius 1 is 1.09 bits per heavy atom. The first-order chi connectivity index (χ1) is 5.45.